The number of ether oxygens (including phenoxy) is 1. The molecule has 0 fully saturated rings. The summed E-state index contributed by atoms with van der Waals surface area (Å²) >= 11 is 0. The normalized spacial score (nSPS) is 11.6. The van der Waals surface area contributed by atoms with E-state index in [1.165, 1.54) is 6.92 Å². The highest BCUT2D eigenvalue weighted by Gasteiger charge is 2.17. The van der Waals surface area contributed by atoms with E-state index in [2.05, 4.69) is 5.32 Å². The molecule has 1 unspecified atom stereocenters. The van der Waals surface area contributed by atoms with E-state index < -0.39 is 12.1 Å². The van der Waals surface area contributed by atoms with Gasteiger partial charge in [0.2, 0.25) is 0 Å². The van der Waals surface area contributed by atoms with Crippen LogP contribution in [-0.4, -0.2) is 24.5 Å². The molecule has 0 heterocycles. The highest BCUT2D eigenvalue weighted by atomic mass is 16.5. The average molecular weight is 235 g/mol. The summed E-state index contributed by atoms with van der Waals surface area (Å²) in [5.74, 6) is -0.0816. The molecule has 4 nitrogen and oxygen atoms in total. The van der Waals surface area contributed by atoms with E-state index in [4.69, 9.17) is 4.74 Å². The number of benzene rings is 1. The van der Waals surface area contributed by atoms with Crippen molar-refractivity contribution in [1.82, 2.24) is 5.32 Å². The van der Waals surface area contributed by atoms with Crippen LogP contribution >= 0.6 is 0 Å². The van der Waals surface area contributed by atoms with Gasteiger partial charge in [0, 0.05) is 0 Å². The van der Waals surface area contributed by atoms with E-state index in [-0.39, 0.29) is 5.78 Å². The molecule has 0 bridgehead atoms. The summed E-state index contributed by atoms with van der Waals surface area (Å²) in [6.07, 6.45) is -0.0711. The van der Waals surface area contributed by atoms with Gasteiger partial charge in [0.1, 0.15) is 0 Å². The molecule has 1 amide bonds. The minimum absolute atomic E-state index is 0.0816. The van der Waals surface area contributed by atoms with Crippen LogP contribution in [0.1, 0.15) is 19.4 Å². The molecular weight excluding hydrogens is 218 g/mol. The Labute approximate surface area is 101 Å². The average Bonchev–Trinajstić information content (AvgIpc) is 2.29. The van der Waals surface area contributed by atoms with Gasteiger partial charge in [0.25, 0.3) is 0 Å². The summed E-state index contributed by atoms with van der Waals surface area (Å²) in [7, 11) is 0. The van der Waals surface area contributed by atoms with Gasteiger partial charge < -0.3 is 10.1 Å². The van der Waals surface area contributed by atoms with Crippen LogP contribution in [0, 0.1) is 0 Å². The summed E-state index contributed by atoms with van der Waals surface area (Å²) in [6.45, 7) is 3.47. The SMILES string of the molecule is CCOC(=O)NC(Cc1ccccc1)C(C)=O. The molecule has 4 heteroatoms. The lowest BCUT2D eigenvalue weighted by Crippen LogP contribution is -2.41. The number of carbonyl (C=O) groups is 2. The molecule has 0 spiro atoms. The first-order valence-corrected chi connectivity index (χ1v) is 5.61. The van der Waals surface area contributed by atoms with Gasteiger partial charge >= 0.3 is 6.09 Å². The maximum absolute atomic E-state index is 11.4. The maximum Gasteiger partial charge on any atom is 0.407 e. The van der Waals surface area contributed by atoms with E-state index in [0.29, 0.717) is 13.0 Å². The molecule has 0 aromatic heterocycles. The Morgan fingerprint density at radius 1 is 1.29 bits per heavy atom. The van der Waals surface area contributed by atoms with Gasteiger partial charge in [0.05, 0.1) is 12.6 Å². The van der Waals surface area contributed by atoms with Crippen molar-refractivity contribution in [2.75, 3.05) is 6.61 Å². The van der Waals surface area contributed by atoms with Crippen molar-refractivity contribution in [2.45, 2.75) is 26.3 Å². The Kier molecular flexibility index (Phi) is 5.20. The van der Waals surface area contributed by atoms with Gasteiger partial charge in [-0.2, -0.15) is 0 Å². The zero-order valence-corrected chi connectivity index (χ0v) is 10.1. The van der Waals surface area contributed by atoms with Crippen molar-refractivity contribution in [2.24, 2.45) is 0 Å². The van der Waals surface area contributed by atoms with Crippen molar-refractivity contribution in [1.29, 1.82) is 0 Å². The van der Waals surface area contributed by atoms with Crippen LogP contribution in [0.15, 0.2) is 30.3 Å². The molecule has 0 saturated carbocycles. The fourth-order valence-electron chi connectivity index (χ4n) is 1.46. The lowest BCUT2D eigenvalue weighted by molar-refractivity contribution is -0.118. The lowest BCUT2D eigenvalue weighted by atomic mass is 10.0. The summed E-state index contributed by atoms with van der Waals surface area (Å²) < 4.78 is 4.76. The second-order valence-electron chi connectivity index (χ2n) is 3.72. The van der Waals surface area contributed by atoms with Crippen LogP contribution in [0.25, 0.3) is 0 Å². The summed E-state index contributed by atoms with van der Waals surface area (Å²) in [6, 6.07) is 9.01. The smallest absolute Gasteiger partial charge is 0.407 e. The monoisotopic (exact) mass is 235 g/mol. The number of nitrogens with one attached hydrogen (secondary N) is 1. The van der Waals surface area contributed by atoms with E-state index in [0.717, 1.165) is 5.56 Å². The van der Waals surface area contributed by atoms with E-state index >= 15 is 0 Å². The summed E-state index contributed by atoms with van der Waals surface area (Å²) in [5, 5.41) is 2.56. The lowest BCUT2D eigenvalue weighted by Gasteiger charge is -2.15. The number of Topliss-reactive ketones (excluding diaryl/α,β-unsaturated/α-hetero) is 1. The molecule has 0 radical (unpaired) electrons. The zero-order chi connectivity index (χ0) is 12.7. The molecule has 17 heavy (non-hydrogen) atoms. The number of alkyl carbamates (subject to hydrolysis) is 1. The van der Waals surface area contributed by atoms with Crippen molar-refractivity contribution >= 4 is 11.9 Å². The standard InChI is InChI=1S/C13H17NO3/c1-3-17-13(16)14-12(10(2)15)9-11-7-5-4-6-8-11/h4-8,12H,3,9H2,1-2H3,(H,14,16). The van der Waals surface area contributed by atoms with Crippen LogP contribution < -0.4 is 5.32 Å². The third-order valence-corrected chi connectivity index (χ3v) is 2.34. The molecule has 1 N–H and O–H groups in total. The van der Waals surface area contributed by atoms with Gasteiger partial charge in [-0.3, -0.25) is 4.79 Å². The summed E-state index contributed by atoms with van der Waals surface area (Å²) in [5.41, 5.74) is 1.00. The molecule has 0 aliphatic carbocycles. The molecule has 1 atom stereocenters. The second-order valence-corrected chi connectivity index (χ2v) is 3.72. The second kappa shape index (κ2) is 6.68. The fraction of sp³-hybridized carbons (Fsp3) is 0.385. The number of hydrogen-bond acceptors (Lipinski definition) is 3. The molecule has 1 rings (SSSR count). The van der Waals surface area contributed by atoms with Crippen LogP contribution in [0.3, 0.4) is 0 Å². The van der Waals surface area contributed by atoms with Crippen LogP contribution in [0.4, 0.5) is 4.79 Å². The van der Waals surface area contributed by atoms with E-state index in [1.807, 2.05) is 30.3 Å². The number of amides is 1. The minimum Gasteiger partial charge on any atom is -0.450 e. The Bertz CT molecular complexity index is 376. The quantitative estimate of drug-likeness (QED) is 0.848. The van der Waals surface area contributed by atoms with Gasteiger partial charge in [-0.15, -0.1) is 0 Å². The molecule has 92 valence electrons. The Morgan fingerprint density at radius 2 is 1.94 bits per heavy atom. The first-order chi connectivity index (χ1) is 8.13. The Hall–Kier alpha value is -1.84. The number of ketones is 1. The molecule has 0 saturated heterocycles. The largest absolute Gasteiger partial charge is 0.450 e. The molecular formula is C13H17NO3. The first kappa shape index (κ1) is 13.2. The van der Waals surface area contributed by atoms with Crippen molar-refractivity contribution in [3.63, 3.8) is 0 Å². The third kappa shape index (κ3) is 4.68. The fourth-order valence-corrected chi connectivity index (χ4v) is 1.46. The van der Waals surface area contributed by atoms with Crippen LogP contribution in [0.2, 0.25) is 0 Å². The Morgan fingerprint density at radius 3 is 2.47 bits per heavy atom. The predicted octanol–water partition coefficient (Wildman–Crippen LogP) is 1.93. The number of hydrogen-bond donors (Lipinski definition) is 1. The number of carbonyl (C=O) groups excluding carboxylic acids is 2. The molecule has 1 aromatic carbocycles. The Balaban J connectivity index is 2.61. The third-order valence-electron chi connectivity index (χ3n) is 2.34. The van der Waals surface area contributed by atoms with Gasteiger partial charge in [0.15, 0.2) is 5.78 Å². The van der Waals surface area contributed by atoms with Gasteiger partial charge in [-0.25, -0.2) is 4.79 Å². The van der Waals surface area contributed by atoms with Crippen LogP contribution in [0.5, 0.6) is 0 Å². The first-order valence-electron chi connectivity index (χ1n) is 5.61. The highest BCUT2D eigenvalue weighted by Crippen LogP contribution is 2.04. The van der Waals surface area contributed by atoms with E-state index in [1.54, 1.807) is 6.92 Å². The minimum atomic E-state index is -0.552. The predicted molar refractivity (Wildman–Crippen MR) is 64.8 cm³/mol. The summed E-state index contributed by atoms with van der Waals surface area (Å²) in [4.78, 5) is 22.7. The molecule has 0 aliphatic rings. The van der Waals surface area contributed by atoms with Crippen molar-refractivity contribution < 1.29 is 14.3 Å². The van der Waals surface area contributed by atoms with E-state index in [9.17, 15) is 9.59 Å². The highest BCUT2D eigenvalue weighted by molar-refractivity contribution is 5.85. The molecule has 1 aromatic rings. The van der Waals surface area contributed by atoms with Gasteiger partial charge in [-0.05, 0) is 25.8 Å². The van der Waals surface area contributed by atoms with Crippen molar-refractivity contribution in [3.05, 3.63) is 35.9 Å². The van der Waals surface area contributed by atoms with Gasteiger partial charge in [-0.1, -0.05) is 30.3 Å². The number of rotatable bonds is 5. The van der Waals surface area contributed by atoms with Crippen LogP contribution in [-0.2, 0) is 16.0 Å². The molecule has 0 aliphatic heterocycles. The van der Waals surface area contributed by atoms with Crippen molar-refractivity contribution in [3.8, 4) is 0 Å². The maximum atomic E-state index is 11.4. The topological polar surface area (TPSA) is 55.4 Å². The zero-order valence-electron chi connectivity index (χ0n) is 10.1.